The lowest BCUT2D eigenvalue weighted by Gasteiger charge is -2.44. The Kier molecular flexibility index (Phi) is 6.78. The van der Waals surface area contributed by atoms with Gasteiger partial charge < -0.3 is 14.8 Å². The number of ether oxygens (including phenoxy) is 2. The van der Waals surface area contributed by atoms with Crippen molar-refractivity contribution in [3.8, 4) is 0 Å². The Morgan fingerprint density at radius 2 is 1.79 bits per heavy atom. The number of cyclic esters (lactones) is 1. The number of nitrogens with one attached hydrogen (secondary N) is 1. The van der Waals surface area contributed by atoms with Gasteiger partial charge in [0.2, 0.25) is 5.60 Å². The fraction of sp³-hybridized carbons (Fsp3) is 0.464. The number of rotatable bonds is 2. The minimum absolute atomic E-state index is 0.0110. The molecule has 180 valence electrons. The van der Waals surface area contributed by atoms with E-state index in [9.17, 15) is 14.4 Å². The molecule has 2 aliphatic heterocycles. The van der Waals surface area contributed by atoms with Gasteiger partial charge in [0, 0.05) is 29.7 Å². The highest BCUT2D eigenvalue weighted by molar-refractivity contribution is 5.92. The molecule has 2 heterocycles. The van der Waals surface area contributed by atoms with E-state index in [1.165, 1.54) is 6.26 Å². The molecule has 3 aliphatic rings. The maximum absolute atomic E-state index is 13.6. The first-order valence-corrected chi connectivity index (χ1v) is 12.0. The first kappa shape index (κ1) is 24.0. The van der Waals surface area contributed by atoms with Crippen LogP contribution >= 0.6 is 0 Å². The van der Waals surface area contributed by atoms with E-state index in [1.807, 2.05) is 55.5 Å². The normalized spacial score (nSPS) is 37.9. The van der Waals surface area contributed by atoms with E-state index in [4.69, 9.17) is 9.47 Å². The largest absolute Gasteiger partial charge is 0.514 e. The quantitative estimate of drug-likeness (QED) is 0.505. The summed E-state index contributed by atoms with van der Waals surface area (Å²) in [7, 11) is 0. The average Bonchev–Trinajstić information content (AvgIpc) is 3.08. The van der Waals surface area contributed by atoms with Gasteiger partial charge in [-0.2, -0.15) is 0 Å². The summed E-state index contributed by atoms with van der Waals surface area (Å²) in [6.07, 6.45) is 8.85. The van der Waals surface area contributed by atoms with Crippen molar-refractivity contribution in [2.24, 2.45) is 29.6 Å². The molecule has 1 fully saturated rings. The van der Waals surface area contributed by atoms with Crippen LogP contribution in [0.25, 0.3) is 0 Å². The van der Waals surface area contributed by atoms with Gasteiger partial charge in [0.25, 0.3) is 5.91 Å². The van der Waals surface area contributed by atoms with Crippen LogP contribution in [0, 0.1) is 29.6 Å². The lowest BCUT2D eigenvalue weighted by Crippen LogP contribution is -2.56. The predicted octanol–water partition coefficient (Wildman–Crippen LogP) is 4.76. The summed E-state index contributed by atoms with van der Waals surface area (Å²) in [5.41, 5.74) is 0.823. The number of carbonyl (C=O) groups is 3. The number of hydrogen-bond acceptors (Lipinski definition) is 5. The van der Waals surface area contributed by atoms with Crippen molar-refractivity contribution in [3.05, 3.63) is 72.0 Å². The Labute approximate surface area is 201 Å². The Bertz CT molecular complexity index is 1040. The molecule has 0 radical (unpaired) electrons. The third-order valence-electron chi connectivity index (χ3n) is 7.64. The molecule has 1 N–H and O–H groups in total. The molecular formula is C28H33NO5. The Morgan fingerprint density at radius 1 is 1.06 bits per heavy atom. The van der Waals surface area contributed by atoms with Gasteiger partial charge in [0.15, 0.2) is 0 Å². The smallest absolute Gasteiger partial charge is 0.416 e. The molecule has 1 aromatic carbocycles. The highest BCUT2D eigenvalue weighted by Crippen LogP contribution is 2.50. The SMILES string of the molecule is CC1=C[C@@H]2/C=C\C[C@H](C)C(=O)[C@@H](C)/C=C\OC(=O)O[C@@]23C(=O)N[C@@H](Cc2ccccc2)[C@@H]3[C@@H]1C. The van der Waals surface area contributed by atoms with E-state index >= 15 is 0 Å². The van der Waals surface area contributed by atoms with Crippen LogP contribution in [0.5, 0.6) is 0 Å². The number of benzene rings is 1. The summed E-state index contributed by atoms with van der Waals surface area (Å²) >= 11 is 0. The molecule has 1 amide bonds. The topological polar surface area (TPSA) is 81.7 Å². The molecule has 6 heteroatoms. The third-order valence-corrected chi connectivity index (χ3v) is 7.64. The van der Waals surface area contributed by atoms with Crippen molar-refractivity contribution in [3.63, 3.8) is 0 Å². The van der Waals surface area contributed by atoms with Crippen molar-refractivity contribution in [2.75, 3.05) is 0 Å². The molecule has 7 atom stereocenters. The summed E-state index contributed by atoms with van der Waals surface area (Å²) in [4.78, 5) is 39.1. The second-order valence-electron chi connectivity index (χ2n) is 9.87. The molecule has 4 rings (SSSR count). The van der Waals surface area contributed by atoms with E-state index in [-0.39, 0.29) is 35.5 Å². The van der Waals surface area contributed by atoms with Gasteiger partial charge in [0.1, 0.15) is 5.78 Å². The number of hydrogen-bond donors (Lipinski definition) is 1. The van der Waals surface area contributed by atoms with Crippen LogP contribution in [0.2, 0.25) is 0 Å². The van der Waals surface area contributed by atoms with Crippen molar-refractivity contribution in [1.29, 1.82) is 0 Å². The Morgan fingerprint density at radius 3 is 2.53 bits per heavy atom. The highest BCUT2D eigenvalue weighted by atomic mass is 16.7. The summed E-state index contributed by atoms with van der Waals surface area (Å²) in [5.74, 6) is -1.57. The average molecular weight is 464 g/mol. The number of allylic oxidation sites excluding steroid dienone is 3. The highest BCUT2D eigenvalue weighted by Gasteiger charge is 2.64. The lowest BCUT2D eigenvalue weighted by atomic mass is 9.63. The van der Waals surface area contributed by atoms with Gasteiger partial charge in [-0.05, 0) is 37.3 Å². The van der Waals surface area contributed by atoms with E-state index in [0.29, 0.717) is 12.8 Å². The number of Topliss-reactive ketones (excluding diaryl/α,β-unsaturated/α-hetero) is 1. The van der Waals surface area contributed by atoms with Crippen LogP contribution in [0.4, 0.5) is 4.79 Å². The number of carbonyl (C=O) groups excluding carboxylic acids is 3. The van der Waals surface area contributed by atoms with Gasteiger partial charge in [-0.3, -0.25) is 9.59 Å². The molecule has 1 spiro atoms. The van der Waals surface area contributed by atoms with Crippen LogP contribution in [0.3, 0.4) is 0 Å². The van der Waals surface area contributed by atoms with Crippen molar-refractivity contribution < 1.29 is 23.9 Å². The van der Waals surface area contributed by atoms with Gasteiger partial charge >= 0.3 is 6.16 Å². The minimum Gasteiger partial charge on any atom is -0.416 e. The van der Waals surface area contributed by atoms with Crippen molar-refractivity contribution in [1.82, 2.24) is 5.32 Å². The summed E-state index contributed by atoms with van der Waals surface area (Å²) in [5, 5.41) is 3.14. The minimum atomic E-state index is -1.42. The second kappa shape index (κ2) is 9.61. The molecular weight excluding hydrogens is 430 g/mol. The van der Waals surface area contributed by atoms with Gasteiger partial charge in [-0.15, -0.1) is 0 Å². The zero-order valence-electron chi connectivity index (χ0n) is 20.2. The standard InChI is InChI=1S/C28H33NO5/c1-17-9-8-12-22-15-19(3)20(4)24-23(16-21-10-6-5-7-11-21)29-26(31)28(22,24)34-27(32)33-14-13-18(2)25(17)30/h5-8,10-15,17-18,20,22-24H,9,16H2,1-4H3,(H,29,31)/b12-8-,14-13-/t17-,18-,20+,22-,23-,24-,28-/m0/s1. The van der Waals surface area contributed by atoms with E-state index in [1.54, 1.807) is 13.0 Å². The maximum Gasteiger partial charge on any atom is 0.514 e. The van der Waals surface area contributed by atoms with Crippen molar-refractivity contribution >= 4 is 17.8 Å². The monoisotopic (exact) mass is 463 g/mol. The predicted molar refractivity (Wildman–Crippen MR) is 129 cm³/mol. The van der Waals surface area contributed by atoms with Crippen LogP contribution in [-0.4, -0.2) is 29.5 Å². The van der Waals surface area contributed by atoms with E-state index in [0.717, 1.165) is 11.1 Å². The van der Waals surface area contributed by atoms with Gasteiger partial charge in [0.05, 0.1) is 6.26 Å². The number of ketones is 1. The van der Waals surface area contributed by atoms with Crippen molar-refractivity contribution in [2.45, 2.75) is 52.2 Å². The molecule has 1 aliphatic carbocycles. The Hall–Kier alpha value is -3.15. The Balaban J connectivity index is 1.77. The summed E-state index contributed by atoms with van der Waals surface area (Å²) in [6.45, 7) is 7.80. The van der Waals surface area contributed by atoms with Gasteiger partial charge in [-0.25, -0.2) is 4.79 Å². The number of amides is 1. The molecule has 1 aromatic rings. The first-order chi connectivity index (χ1) is 16.2. The van der Waals surface area contributed by atoms with E-state index < -0.39 is 23.6 Å². The van der Waals surface area contributed by atoms with Crippen LogP contribution in [0.15, 0.2) is 66.5 Å². The fourth-order valence-electron chi connectivity index (χ4n) is 5.65. The fourth-order valence-corrected chi connectivity index (χ4v) is 5.65. The van der Waals surface area contributed by atoms with E-state index in [2.05, 4.69) is 19.2 Å². The zero-order valence-corrected chi connectivity index (χ0v) is 20.2. The third kappa shape index (κ3) is 4.33. The molecule has 0 bridgehead atoms. The van der Waals surface area contributed by atoms with Gasteiger partial charge in [-0.1, -0.05) is 74.9 Å². The summed E-state index contributed by atoms with van der Waals surface area (Å²) in [6, 6.07) is 9.79. The molecule has 6 nitrogen and oxygen atoms in total. The molecule has 34 heavy (non-hydrogen) atoms. The van der Waals surface area contributed by atoms with Crippen LogP contribution in [-0.2, 0) is 25.5 Å². The molecule has 0 aromatic heterocycles. The second-order valence-corrected chi connectivity index (χ2v) is 9.87. The van der Waals surface area contributed by atoms with Crippen LogP contribution < -0.4 is 5.32 Å². The van der Waals surface area contributed by atoms with Crippen LogP contribution in [0.1, 0.15) is 39.7 Å². The summed E-state index contributed by atoms with van der Waals surface area (Å²) < 4.78 is 11.2. The maximum atomic E-state index is 13.6. The lowest BCUT2D eigenvalue weighted by molar-refractivity contribution is -0.147. The zero-order chi connectivity index (χ0) is 24.5. The molecule has 0 unspecified atom stereocenters. The molecule has 0 saturated carbocycles. The molecule has 1 saturated heterocycles. The first-order valence-electron chi connectivity index (χ1n) is 12.0.